The number of carbonyl (C=O) groups is 2. The number of hydrogen-bond acceptors (Lipinski definition) is 4. The molecular weight excluding hydrogens is 186 g/mol. The van der Waals surface area contributed by atoms with E-state index in [0.29, 0.717) is 19.7 Å². The number of amides is 2. The summed E-state index contributed by atoms with van der Waals surface area (Å²) in [6, 6.07) is 0. The van der Waals surface area contributed by atoms with Crippen molar-refractivity contribution in [2.45, 2.75) is 6.42 Å². The van der Waals surface area contributed by atoms with Crippen molar-refractivity contribution < 1.29 is 14.3 Å². The van der Waals surface area contributed by atoms with E-state index in [1.165, 1.54) is 0 Å². The fourth-order valence-electron chi connectivity index (χ4n) is 1.48. The number of hydrogen-bond donors (Lipinski definition) is 2. The largest absolute Gasteiger partial charge is 0.383 e. The quantitative estimate of drug-likeness (QED) is 0.328. The highest BCUT2D eigenvalue weighted by atomic mass is 16.5. The first kappa shape index (κ1) is 10.9. The summed E-state index contributed by atoms with van der Waals surface area (Å²) in [6.45, 7) is 1.46. The number of nitrogens with two attached hydrogens (primary N) is 1. The van der Waals surface area contributed by atoms with E-state index in [-0.39, 0.29) is 24.2 Å². The van der Waals surface area contributed by atoms with Crippen molar-refractivity contribution in [2.24, 2.45) is 11.8 Å². The molecule has 1 aliphatic heterocycles. The lowest BCUT2D eigenvalue weighted by Gasteiger charge is -2.15. The first-order valence-corrected chi connectivity index (χ1v) is 4.46. The van der Waals surface area contributed by atoms with Crippen LogP contribution in [0.25, 0.3) is 0 Å². The SMILES string of the molecule is COCCN1C[C@H](C(=O)NN)CC1=O. The van der Waals surface area contributed by atoms with Crippen molar-refractivity contribution in [2.75, 3.05) is 26.8 Å². The van der Waals surface area contributed by atoms with E-state index >= 15 is 0 Å². The van der Waals surface area contributed by atoms with Crippen molar-refractivity contribution in [1.29, 1.82) is 0 Å². The van der Waals surface area contributed by atoms with E-state index in [9.17, 15) is 9.59 Å². The average molecular weight is 201 g/mol. The molecular formula is C8H15N3O3. The maximum absolute atomic E-state index is 11.4. The standard InChI is InChI=1S/C8H15N3O3/c1-14-3-2-11-5-6(4-7(11)12)8(13)10-9/h6H,2-5,9H2,1H3,(H,10,13)/t6-/m1/s1. The van der Waals surface area contributed by atoms with Gasteiger partial charge in [-0.15, -0.1) is 0 Å². The number of rotatable bonds is 4. The molecule has 2 amide bonds. The molecule has 1 saturated heterocycles. The highest BCUT2D eigenvalue weighted by Gasteiger charge is 2.33. The van der Waals surface area contributed by atoms with Gasteiger partial charge in [0, 0.05) is 26.6 Å². The highest BCUT2D eigenvalue weighted by molar-refractivity contribution is 5.88. The Hall–Kier alpha value is -1.14. The molecule has 0 aromatic heterocycles. The molecule has 0 spiro atoms. The van der Waals surface area contributed by atoms with Crippen LogP contribution in [0, 0.1) is 5.92 Å². The molecule has 0 radical (unpaired) electrons. The van der Waals surface area contributed by atoms with Crippen LogP contribution in [-0.2, 0) is 14.3 Å². The Morgan fingerprint density at radius 2 is 2.50 bits per heavy atom. The molecule has 0 aromatic carbocycles. The van der Waals surface area contributed by atoms with Gasteiger partial charge in [-0.3, -0.25) is 15.0 Å². The van der Waals surface area contributed by atoms with Crippen molar-refractivity contribution in [3.05, 3.63) is 0 Å². The summed E-state index contributed by atoms with van der Waals surface area (Å²) in [5.74, 6) is 4.38. The maximum Gasteiger partial charge on any atom is 0.239 e. The Balaban J connectivity index is 2.43. The second-order valence-electron chi connectivity index (χ2n) is 3.24. The van der Waals surface area contributed by atoms with E-state index < -0.39 is 0 Å². The van der Waals surface area contributed by atoms with Crippen molar-refractivity contribution >= 4 is 11.8 Å². The molecule has 1 rings (SSSR count). The van der Waals surface area contributed by atoms with Crippen LogP contribution >= 0.6 is 0 Å². The van der Waals surface area contributed by atoms with Gasteiger partial charge >= 0.3 is 0 Å². The van der Waals surface area contributed by atoms with Gasteiger partial charge in [0.1, 0.15) is 0 Å². The number of nitrogens with zero attached hydrogens (tertiary/aromatic N) is 1. The van der Waals surface area contributed by atoms with Gasteiger partial charge in [-0.1, -0.05) is 0 Å². The Kier molecular flexibility index (Phi) is 3.84. The van der Waals surface area contributed by atoms with Crippen LogP contribution in [0.15, 0.2) is 0 Å². The van der Waals surface area contributed by atoms with Crippen LogP contribution in [0.5, 0.6) is 0 Å². The van der Waals surface area contributed by atoms with Crippen molar-refractivity contribution in [3.8, 4) is 0 Å². The number of ether oxygens (including phenoxy) is 1. The monoisotopic (exact) mass is 201 g/mol. The number of hydrazine groups is 1. The number of likely N-dealkylation sites (tertiary alicyclic amines) is 1. The molecule has 3 N–H and O–H groups in total. The van der Waals surface area contributed by atoms with Gasteiger partial charge in [-0.25, -0.2) is 5.84 Å². The topological polar surface area (TPSA) is 84.7 Å². The molecule has 0 bridgehead atoms. The third kappa shape index (κ3) is 2.43. The lowest BCUT2D eigenvalue weighted by Crippen LogP contribution is -2.37. The molecule has 0 aromatic rings. The molecule has 1 fully saturated rings. The van der Waals surface area contributed by atoms with E-state index in [1.807, 2.05) is 0 Å². The number of carbonyl (C=O) groups excluding carboxylic acids is 2. The average Bonchev–Trinajstić information content (AvgIpc) is 2.56. The minimum atomic E-state index is -0.315. The van der Waals surface area contributed by atoms with Gasteiger partial charge in [-0.05, 0) is 0 Å². The summed E-state index contributed by atoms with van der Waals surface area (Å²) in [4.78, 5) is 24.1. The molecule has 1 aliphatic rings. The Morgan fingerprint density at radius 3 is 3.07 bits per heavy atom. The second-order valence-corrected chi connectivity index (χ2v) is 3.24. The smallest absolute Gasteiger partial charge is 0.239 e. The zero-order chi connectivity index (χ0) is 10.6. The van der Waals surface area contributed by atoms with Gasteiger partial charge < -0.3 is 9.64 Å². The van der Waals surface area contributed by atoms with E-state index in [1.54, 1.807) is 12.0 Å². The van der Waals surface area contributed by atoms with Crippen molar-refractivity contribution in [1.82, 2.24) is 10.3 Å². The van der Waals surface area contributed by atoms with Gasteiger partial charge in [0.15, 0.2) is 0 Å². The van der Waals surface area contributed by atoms with Gasteiger partial charge in [0.25, 0.3) is 0 Å². The molecule has 0 saturated carbocycles. The van der Waals surface area contributed by atoms with Crippen LogP contribution in [0.1, 0.15) is 6.42 Å². The first-order valence-electron chi connectivity index (χ1n) is 4.46. The number of methoxy groups -OCH3 is 1. The molecule has 1 heterocycles. The number of nitrogens with one attached hydrogen (secondary N) is 1. The Labute approximate surface area is 82.3 Å². The molecule has 6 heteroatoms. The summed E-state index contributed by atoms with van der Waals surface area (Å²) in [5, 5.41) is 0. The first-order chi connectivity index (χ1) is 6.69. The predicted molar refractivity (Wildman–Crippen MR) is 48.9 cm³/mol. The van der Waals surface area contributed by atoms with Crippen LogP contribution < -0.4 is 11.3 Å². The lowest BCUT2D eigenvalue weighted by molar-refractivity contribution is -0.129. The normalized spacial score (nSPS) is 21.4. The maximum atomic E-state index is 11.4. The summed E-state index contributed by atoms with van der Waals surface area (Å²) in [6.07, 6.45) is 0.243. The van der Waals surface area contributed by atoms with Gasteiger partial charge in [0.05, 0.1) is 12.5 Å². The third-order valence-corrected chi connectivity index (χ3v) is 2.29. The summed E-state index contributed by atoms with van der Waals surface area (Å²) in [7, 11) is 1.57. The lowest BCUT2D eigenvalue weighted by atomic mass is 10.1. The van der Waals surface area contributed by atoms with Crippen LogP contribution in [0.4, 0.5) is 0 Å². The fourth-order valence-corrected chi connectivity index (χ4v) is 1.48. The van der Waals surface area contributed by atoms with Crippen molar-refractivity contribution in [3.63, 3.8) is 0 Å². The highest BCUT2D eigenvalue weighted by Crippen LogP contribution is 2.16. The minimum absolute atomic E-state index is 0.0179. The molecule has 1 atom stereocenters. The molecule has 0 unspecified atom stereocenters. The van der Waals surface area contributed by atoms with Crippen LogP contribution in [-0.4, -0.2) is 43.5 Å². The second kappa shape index (κ2) is 4.92. The molecule has 0 aliphatic carbocycles. The van der Waals surface area contributed by atoms with E-state index in [0.717, 1.165) is 0 Å². The van der Waals surface area contributed by atoms with E-state index in [4.69, 9.17) is 10.6 Å². The van der Waals surface area contributed by atoms with Crippen LogP contribution in [0.3, 0.4) is 0 Å². The predicted octanol–water partition coefficient (Wildman–Crippen LogP) is -1.53. The Morgan fingerprint density at radius 1 is 1.79 bits per heavy atom. The summed E-state index contributed by atoms with van der Waals surface area (Å²) < 4.78 is 4.86. The fraction of sp³-hybridized carbons (Fsp3) is 0.750. The third-order valence-electron chi connectivity index (χ3n) is 2.29. The zero-order valence-electron chi connectivity index (χ0n) is 8.16. The van der Waals surface area contributed by atoms with Gasteiger partial charge in [0.2, 0.25) is 11.8 Å². The molecule has 14 heavy (non-hydrogen) atoms. The van der Waals surface area contributed by atoms with E-state index in [2.05, 4.69) is 5.43 Å². The molecule has 6 nitrogen and oxygen atoms in total. The zero-order valence-corrected chi connectivity index (χ0v) is 8.16. The molecule has 80 valence electrons. The summed E-state index contributed by atoms with van der Waals surface area (Å²) >= 11 is 0. The Bertz CT molecular complexity index is 232. The van der Waals surface area contributed by atoms with Crippen LogP contribution in [0.2, 0.25) is 0 Å². The van der Waals surface area contributed by atoms with Gasteiger partial charge in [-0.2, -0.15) is 0 Å². The minimum Gasteiger partial charge on any atom is -0.383 e. The summed E-state index contributed by atoms with van der Waals surface area (Å²) in [5.41, 5.74) is 2.06.